The molecule has 0 radical (unpaired) electrons. The first-order valence-corrected chi connectivity index (χ1v) is 4.67. The van der Waals surface area contributed by atoms with Crippen LogP contribution < -0.4 is 5.73 Å². The van der Waals surface area contributed by atoms with Crippen LogP contribution in [-0.4, -0.2) is 29.0 Å². The topological polar surface area (TPSA) is 29.3 Å². The molecule has 3 heteroatoms. The number of nitrogens with two attached hydrogens (primary N) is 1. The fourth-order valence-electron chi connectivity index (χ4n) is 1.29. The van der Waals surface area contributed by atoms with Crippen LogP contribution in [0, 0.1) is 0 Å². The summed E-state index contributed by atoms with van der Waals surface area (Å²) in [5, 5.41) is 0. The van der Waals surface area contributed by atoms with Gasteiger partial charge in [-0.05, 0) is 19.4 Å². The first-order valence-electron chi connectivity index (χ1n) is 4.26. The summed E-state index contributed by atoms with van der Waals surface area (Å²) in [6.07, 6.45) is 3.61. The lowest BCUT2D eigenvalue weighted by Gasteiger charge is -2.18. The van der Waals surface area contributed by atoms with Gasteiger partial charge in [0.2, 0.25) is 0 Å². The Bertz CT molecular complexity index is 143. The van der Waals surface area contributed by atoms with Crippen molar-refractivity contribution in [1.29, 1.82) is 0 Å². The molecule has 0 heterocycles. The molecular formula is C8H16N2S. The van der Waals surface area contributed by atoms with Gasteiger partial charge in [0.15, 0.2) is 0 Å². The third kappa shape index (κ3) is 3.16. The highest BCUT2D eigenvalue weighted by Crippen LogP contribution is 2.26. The van der Waals surface area contributed by atoms with E-state index in [0.717, 1.165) is 25.6 Å². The Labute approximate surface area is 73.7 Å². The van der Waals surface area contributed by atoms with Gasteiger partial charge in [-0.25, -0.2) is 0 Å². The summed E-state index contributed by atoms with van der Waals surface area (Å²) in [7, 11) is 0. The molecule has 1 saturated carbocycles. The Morgan fingerprint density at radius 2 is 2.27 bits per heavy atom. The molecule has 2 nitrogen and oxygen atoms in total. The summed E-state index contributed by atoms with van der Waals surface area (Å²) >= 11 is 4.82. The van der Waals surface area contributed by atoms with Gasteiger partial charge < -0.3 is 10.6 Å². The molecule has 0 atom stereocenters. The van der Waals surface area contributed by atoms with Crippen LogP contribution in [0.4, 0.5) is 0 Å². The van der Waals surface area contributed by atoms with E-state index >= 15 is 0 Å². The Morgan fingerprint density at radius 3 is 2.64 bits per heavy atom. The van der Waals surface area contributed by atoms with E-state index in [1.807, 2.05) is 0 Å². The molecule has 0 amide bonds. The fraction of sp³-hybridized carbons (Fsp3) is 0.875. The van der Waals surface area contributed by atoms with Crippen LogP contribution in [0.25, 0.3) is 0 Å². The number of rotatable bonds is 5. The van der Waals surface area contributed by atoms with Gasteiger partial charge in [0.25, 0.3) is 0 Å². The fourth-order valence-corrected chi connectivity index (χ4v) is 1.38. The van der Waals surface area contributed by atoms with Gasteiger partial charge in [-0.2, -0.15) is 0 Å². The molecule has 0 bridgehead atoms. The lowest BCUT2D eigenvalue weighted by Crippen LogP contribution is -2.29. The van der Waals surface area contributed by atoms with Crippen LogP contribution in [-0.2, 0) is 0 Å². The van der Waals surface area contributed by atoms with E-state index in [2.05, 4.69) is 11.8 Å². The van der Waals surface area contributed by atoms with Gasteiger partial charge in [-0.3, -0.25) is 0 Å². The summed E-state index contributed by atoms with van der Waals surface area (Å²) in [6, 6.07) is 0.842. The molecule has 0 aliphatic heterocycles. The first-order chi connectivity index (χ1) is 5.24. The van der Waals surface area contributed by atoms with Gasteiger partial charge in [-0.1, -0.05) is 19.1 Å². The van der Waals surface area contributed by atoms with Crippen LogP contribution in [0.1, 0.15) is 26.2 Å². The molecule has 0 unspecified atom stereocenters. The van der Waals surface area contributed by atoms with E-state index in [-0.39, 0.29) is 0 Å². The van der Waals surface area contributed by atoms with Crippen LogP contribution in [0.3, 0.4) is 0 Å². The first kappa shape index (κ1) is 8.94. The van der Waals surface area contributed by atoms with Crippen LogP contribution in [0.15, 0.2) is 0 Å². The maximum Gasteiger partial charge on any atom is 0.0740 e. The Morgan fingerprint density at radius 1 is 1.64 bits per heavy atom. The van der Waals surface area contributed by atoms with Crippen molar-refractivity contribution in [3.05, 3.63) is 0 Å². The third-order valence-electron chi connectivity index (χ3n) is 2.11. The van der Waals surface area contributed by atoms with Crippen molar-refractivity contribution in [2.75, 3.05) is 13.1 Å². The molecule has 0 spiro atoms. The molecule has 11 heavy (non-hydrogen) atoms. The minimum Gasteiger partial charge on any atom is -0.393 e. The zero-order valence-corrected chi connectivity index (χ0v) is 7.86. The molecule has 0 saturated heterocycles. The summed E-state index contributed by atoms with van der Waals surface area (Å²) in [4.78, 5) is 3.10. The molecule has 0 aromatic rings. The predicted octanol–water partition coefficient (Wildman–Crippen LogP) is 1.15. The Kier molecular flexibility index (Phi) is 3.27. The summed E-state index contributed by atoms with van der Waals surface area (Å²) < 4.78 is 0. The summed E-state index contributed by atoms with van der Waals surface area (Å²) in [5.74, 6) is 0. The molecule has 2 N–H and O–H groups in total. The predicted molar refractivity (Wildman–Crippen MR) is 51.7 cm³/mol. The number of thiocarbonyl (C=S) groups is 1. The molecule has 1 rings (SSSR count). The van der Waals surface area contributed by atoms with Crippen molar-refractivity contribution in [3.63, 3.8) is 0 Å². The van der Waals surface area contributed by atoms with Crippen LogP contribution >= 0.6 is 12.2 Å². The van der Waals surface area contributed by atoms with E-state index < -0.39 is 0 Å². The molecule has 1 aliphatic carbocycles. The van der Waals surface area contributed by atoms with E-state index in [4.69, 9.17) is 18.0 Å². The highest BCUT2D eigenvalue weighted by atomic mass is 32.1. The zero-order chi connectivity index (χ0) is 8.27. The van der Waals surface area contributed by atoms with Crippen molar-refractivity contribution in [2.24, 2.45) is 5.73 Å². The molecule has 64 valence electrons. The normalized spacial score (nSPS) is 17.3. The largest absolute Gasteiger partial charge is 0.393 e. The summed E-state index contributed by atoms with van der Waals surface area (Å²) in [6.45, 7) is 4.38. The average Bonchev–Trinajstić information content (AvgIpc) is 2.72. The van der Waals surface area contributed by atoms with E-state index in [9.17, 15) is 0 Å². The van der Waals surface area contributed by atoms with Gasteiger partial charge in [0.1, 0.15) is 0 Å². The SMILES string of the molecule is CCN(CCC(N)=S)C1CC1. The van der Waals surface area contributed by atoms with E-state index in [0.29, 0.717) is 4.99 Å². The van der Waals surface area contributed by atoms with Crippen molar-refractivity contribution in [3.8, 4) is 0 Å². The van der Waals surface area contributed by atoms with E-state index in [1.54, 1.807) is 0 Å². The maximum atomic E-state index is 5.42. The molecule has 1 aliphatic rings. The minimum absolute atomic E-state index is 0.643. The minimum atomic E-state index is 0.643. The van der Waals surface area contributed by atoms with Crippen molar-refractivity contribution >= 4 is 17.2 Å². The standard InChI is InChI=1S/C8H16N2S/c1-2-10(7-3-4-7)6-5-8(9)11/h7H,2-6H2,1H3,(H2,9,11). The molecular weight excluding hydrogens is 156 g/mol. The van der Waals surface area contributed by atoms with Gasteiger partial charge in [0, 0.05) is 19.0 Å². The van der Waals surface area contributed by atoms with Crippen LogP contribution in [0.5, 0.6) is 0 Å². The van der Waals surface area contributed by atoms with Gasteiger partial charge in [-0.15, -0.1) is 0 Å². The van der Waals surface area contributed by atoms with Gasteiger partial charge >= 0.3 is 0 Å². The highest BCUT2D eigenvalue weighted by molar-refractivity contribution is 7.80. The average molecular weight is 172 g/mol. The Balaban J connectivity index is 2.15. The zero-order valence-electron chi connectivity index (χ0n) is 7.05. The van der Waals surface area contributed by atoms with Crippen molar-refractivity contribution in [2.45, 2.75) is 32.2 Å². The smallest absolute Gasteiger partial charge is 0.0740 e. The monoisotopic (exact) mass is 172 g/mol. The number of nitrogens with zero attached hydrogens (tertiary/aromatic N) is 1. The number of hydrogen-bond acceptors (Lipinski definition) is 2. The van der Waals surface area contributed by atoms with E-state index in [1.165, 1.54) is 12.8 Å². The van der Waals surface area contributed by atoms with Crippen LogP contribution in [0.2, 0.25) is 0 Å². The Hall–Kier alpha value is -0.150. The second kappa shape index (κ2) is 4.02. The maximum absolute atomic E-state index is 5.42. The highest BCUT2D eigenvalue weighted by Gasteiger charge is 2.27. The quantitative estimate of drug-likeness (QED) is 0.631. The third-order valence-corrected chi connectivity index (χ3v) is 2.32. The molecule has 1 fully saturated rings. The number of hydrogen-bond donors (Lipinski definition) is 1. The van der Waals surface area contributed by atoms with Crippen molar-refractivity contribution < 1.29 is 0 Å². The lowest BCUT2D eigenvalue weighted by molar-refractivity contribution is 0.286. The van der Waals surface area contributed by atoms with Crippen molar-refractivity contribution in [1.82, 2.24) is 4.90 Å². The second-order valence-corrected chi connectivity index (χ2v) is 3.60. The lowest BCUT2D eigenvalue weighted by atomic mass is 10.3. The molecule has 0 aromatic heterocycles. The summed E-state index contributed by atoms with van der Waals surface area (Å²) in [5.41, 5.74) is 5.42. The second-order valence-electron chi connectivity index (χ2n) is 3.08. The van der Waals surface area contributed by atoms with Gasteiger partial charge in [0.05, 0.1) is 4.99 Å². The molecule has 0 aromatic carbocycles.